The maximum absolute atomic E-state index is 11.8. The molecule has 3 saturated carbocycles. The van der Waals surface area contributed by atoms with E-state index in [-0.39, 0.29) is 17.4 Å². The van der Waals surface area contributed by atoms with Gasteiger partial charge in [-0.05, 0) is 79.4 Å². The molecule has 4 aliphatic carbocycles. The van der Waals surface area contributed by atoms with Gasteiger partial charge in [0.15, 0.2) is 0 Å². The average molecular weight is 346 g/mol. The maximum atomic E-state index is 11.8. The summed E-state index contributed by atoms with van der Waals surface area (Å²) < 4.78 is 0. The molecule has 0 aromatic carbocycles. The minimum absolute atomic E-state index is 0.125. The number of carbonyl (C=O) groups excluding carboxylic acids is 1. The van der Waals surface area contributed by atoms with Crippen molar-refractivity contribution in [3.8, 4) is 0 Å². The Morgan fingerprint density at radius 1 is 1.24 bits per heavy atom. The molecule has 25 heavy (non-hydrogen) atoms. The van der Waals surface area contributed by atoms with Crippen LogP contribution in [-0.4, -0.2) is 23.2 Å². The molecule has 0 heterocycles. The second-order valence-corrected chi connectivity index (χ2v) is 10.1. The van der Waals surface area contributed by atoms with Crippen molar-refractivity contribution in [1.29, 1.82) is 0 Å². The van der Waals surface area contributed by atoms with Gasteiger partial charge in [-0.25, -0.2) is 0 Å². The van der Waals surface area contributed by atoms with Gasteiger partial charge in [0.2, 0.25) is 5.91 Å². The first-order valence-electron chi connectivity index (χ1n) is 10.4. The van der Waals surface area contributed by atoms with Gasteiger partial charge in [-0.1, -0.05) is 32.4 Å². The lowest BCUT2D eigenvalue weighted by Crippen LogP contribution is -2.54. The Labute approximate surface area is 152 Å². The Balaban J connectivity index is 1.64. The molecule has 0 saturated heterocycles. The molecule has 0 unspecified atom stereocenters. The van der Waals surface area contributed by atoms with Crippen LogP contribution < -0.4 is 5.32 Å². The maximum Gasteiger partial charge on any atom is 0.217 e. The van der Waals surface area contributed by atoms with Gasteiger partial charge in [0.1, 0.15) is 0 Å². The molecule has 3 heteroatoms. The largest absolute Gasteiger partial charge is 0.393 e. The number of allylic oxidation sites excluding steroid dienone is 1. The Kier molecular flexibility index (Phi) is 4.10. The van der Waals surface area contributed by atoms with Gasteiger partial charge < -0.3 is 10.4 Å². The normalized spacial score (nSPS) is 51.8. The standard InChI is InChI=1S/C22H35NO2/c1-13-11-19-17-6-5-15-12-16(25)7-9-21(15,3)18(17)8-10-22(19,4)20(13)23-14(2)24/h5,13,16-20,25H,6-12H2,1-4H3,(H,23,24)/t13-,16+,17-,18+,19-,20-,21+,22+/m1/s1. The predicted octanol–water partition coefficient (Wildman–Crippen LogP) is 4.06. The minimum atomic E-state index is -0.125. The molecule has 2 N–H and O–H groups in total. The van der Waals surface area contributed by atoms with E-state index in [9.17, 15) is 9.90 Å². The molecule has 1 amide bonds. The molecule has 3 fully saturated rings. The lowest BCUT2D eigenvalue weighted by Gasteiger charge is -2.58. The number of nitrogens with one attached hydrogen (secondary N) is 1. The number of aliphatic hydroxyl groups is 1. The fraction of sp³-hybridized carbons (Fsp3) is 0.864. The molecule has 0 spiro atoms. The number of aliphatic hydroxyl groups excluding tert-OH is 1. The van der Waals surface area contributed by atoms with Crippen LogP contribution in [0.15, 0.2) is 11.6 Å². The molecule has 8 atom stereocenters. The topological polar surface area (TPSA) is 49.3 Å². The van der Waals surface area contributed by atoms with Crippen molar-refractivity contribution < 1.29 is 9.90 Å². The van der Waals surface area contributed by atoms with Crippen LogP contribution in [0.25, 0.3) is 0 Å². The second-order valence-electron chi connectivity index (χ2n) is 10.1. The zero-order chi connectivity index (χ0) is 18.0. The third kappa shape index (κ3) is 2.52. The lowest BCUT2D eigenvalue weighted by molar-refractivity contribution is -0.121. The minimum Gasteiger partial charge on any atom is -0.393 e. The summed E-state index contributed by atoms with van der Waals surface area (Å²) in [5.41, 5.74) is 2.10. The summed E-state index contributed by atoms with van der Waals surface area (Å²) in [6, 6.07) is 0.335. The predicted molar refractivity (Wildman–Crippen MR) is 99.9 cm³/mol. The summed E-state index contributed by atoms with van der Waals surface area (Å²) in [6.45, 7) is 8.93. The summed E-state index contributed by atoms with van der Waals surface area (Å²) in [6.07, 6.45) is 10.3. The smallest absolute Gasteiger partial charge is 0.217 e. The summed E-state index contributed by atoms with van der Waals surface area (Å²) in [5.74, 6) is 2.94. The summed E-state index contributed by atoms with van der Waals surface area (Å²) >= 11 is 0. The van der Waals surface area contributed by atoms with E-state index in [4.69, 9.17) is 0 Å². The van der Waals surface area contributed by atoms with E-state index in [2.05, 4.69) is 32.2 Å². The van der Waals surface area contributed by atoms with E-state index in [1.165, 1.54) is 25.7 Å². The Bertz CT molecular complexity index is 599. The van der Waals surface area contributed by atoms with E-state index >= 15 is 0 Å². The van der Waals surface area contributed by atoms with Crippen LogP contribution in [0.2, 0.25) is 0 Å². The SMILES string of the molecule is CC(=O)N[C@@H]1[C@H](C)C[C@@H]2[C@@H]3CC=C4C[C@@H](O)CC[C@]4(C)[C@H]3CC[C@@]21C. The van der Waals surface area contributed by atoms with E-state index in [1.807, 2.05) is 0 Å². The number of carbonyl (C=O) groups is 1. The molecular weight excluding hydrogens is 310 g/mol. The quantitative estimate of drug-likeness (QED) is 0.704. The zero-order valence-corrected chi connectivity index (χ0v) is 16.3. The fourth-order valence-electron chi connectivity index (χ4n) is 7.53. The lowest BCUT2D eigenvalue weighted by atomic mass is 9.48. The first kappa shape index (κ1) is 17.6. The van der Waals surface area contributed by atoms with Gasteiger partial charge in [0, 0.05) is 13.0 Å². The molecular formula is C22H35NO2. The van der Waals surface area contributed by atoms with E-state index < -0.39 is 0 Å². The number of amides is 1. The summed E-state index contributed by atoms with van der Waals surface area (Å²) in [5, 5.41) is 13.4. The first-order valence-corrected chi connectivity index (χ1v) is 10.4. The van der Waals surface area contributed by atoms with Gasteiger partial charge in [-0.3, -0.25) is 4.79 Å². The first-order chi connectivity index (χ1) is 11.8. The van der Waals surface area contributed by atoms with Gasteiger partial charge in [0.25, 0.3) is 0 Å². The van der Waals surface area contributed by atoms with Crippen LogP contribution in [-0.2, 0) is 4.79 Å². The molecule has 0 bridgehead atoms. The monoisotopic (exact) mass is 345 g/mol. The van der Waals surface area contributed by atoms with Crippen molar-refractivity contribution in [2.75, 3.05) is 0 Å². The van der Waals surface area contributed by atoms with Crippen molar-refractivity contribution in [3.63, 3.8) is 0 Å². The number of hydrogen-bond acceptors (Lipinski definition) is 2. The van der Waals surface area contributed by atoms with Crippen LogP contribution in [0, 0.1) is 34.5 Å². The third-order valence-corrected chi connectivity index (χ3v) is 8.78. The van der Waals surface area contributed by atoms with Crippen LogP contribution in [0.1, 0.15) is 72.6 Å². The highest BCUT2D eigenvalue weighted by Gasteiger charge is 2.60. The molecule has 3 nitrogen and oxygen atoms in total. The van der Waals surface area contributed by atoms with E-state index in [1.54, 1.807) is 12.5 Å². The van der Waals surface area contributed by atoms with Crippen molar-refractivity contribution in [2.45, 2.75) is 84.8 Å². The Morgan fingerprint density at radius 2 is 2.00 bits per heavy atom. The van der Waals surface area contributed by atoms with Gasteiger partial charge in [-0.15, -0.1) is 0 Å². The van der Waals surface area contributed by atoms with Crippen LogP contribution >= 0.6 is 0 Å². The number of fused-ring (bicyclic) bond motifs is 5. The molecule has 140 valence electrons. The molecule has 0 radical (unpaired) electrons. The highest BCUT2D eigenvalue weighted by atomic mass is 16.3. The third-order valence-electron chi connectivity index (χ3n) is 8.78. The molecule has 0 aliphatic heterocycles. The molecule has 4 aliphatic rings. The van der Waals surface area contributed by atoms with Crippen molar-refractivity contribution >= 4 is 5.91 Å². The molecule has 0 aromatic heterocycles. The van der Waals surface area contributed by atoms with Gasteiger partial charge in [0.05, 0.1) is 6.10 Å². The summed E-state index contributed by atoms with van der Waals surface area (Å²) in [7, 11) is 0. The number of rotatable bonds is 1. The summed E-state index contributed by atoms with van der Waals surface area (Å²) in [4.78, 5) is 11.8. The average Bonchev–Trinajstić information content (AvgIpc) is 2.79. The molecule has 4 rings (SSSR count). The van der Waals surface area contributed by atoms with Crippen molar-refractivity contribution in [1.82, 2.24) is 5.32 Å². The van der Waals surface area contributed by atoms with E-state index in [0.29, 0.717) is 17.4 Å². The highest BCUT2D eigenvalue weighted by molar-refractivity contribution is 5.73. The zero-order valence-electron chi connectivity index (χ0n) is 16.3. The second kappa shape index (κ2) is 5.84. The molecule has 0 aromatic rings. The van der Waals surface area contributed by atoms with Crippen LogP contribution in [0.5, 0.6) is 0 Å². The Hall–Kier alpha value is -0.830. The Morgan fingerprint density at radius 3 is 2.72 bits per heavy atom. The van der Waals surface area contributed by atoms with E-state index in [0.717, 1.165) is 37.0 Å². The van der Waals surface area contributed by atoms with Crippen molar-refractivity contribution in [3.05, 3.63) is 11.6 Å². The highest BCUT2D eigenvalue weighted by Crippen LogP contribution is 2.65. The van der Waals surface area contributed by atoms with Gasteiger partial charge in [-0.2, -0.15) is 0 Å². The van der Waals surface area contributed by atoms with Crippen LogP contribution in [0.4, 0.5) is 0 Å². The fourth-order valence-corrected chi connectivity index (χ4v) is 7.53. The van der Waals surface area contributed by atoms with Crippen LogP contribution in [0.3, 0.4) is 0 Å². The van der Waals surface area contributed by atoms with Gasteiger partial charge >= 0.3 is 0 Å². The number of hydrogen-bond donors (Lipinski definition) is 2. The van der Waals surface area contributed by atoms with Crippen molar-refractivity contribution in [2.24, 2.45) is 34.5 Å².